The zero-order valence-corrected chi connectivity index (χ0v) is 21.6. The molecule has 0 radical (unpaired) electrons. The van der Waals surface area contributed by atoms with E-state index in [1.807, 2.05) is 0 Å². The number of sulfonamides is 1. The van der Waals surface area contributed by atoms with E-state index >= 15 is 0 Å². The smallest absolute Gasteiger partial charge is 0.418 e. The van der Waals surface area contributed by atoms with Gasteiger partial charge in [0.1, 0.15) is 17.2 Å². The highest BCUT2D eigenvalue weighted by molar-refractivity contribution is 7.89. The molecule has 1 saturated heterocycles. The minimum atomic E-state index is -4.58. The van der Waals surface area contributed by atoms with Crippen molar-refractivity contribution in [2.75, 3.05) is 50.6 Å². The average molecular weight is 555 g/mol. The van der Waals surface area contributed by atoms with Crippen LogP contribution in [0.4, 0.5) is 30.6 Å². The molecule has 2 fully saturated rings. The first-order valence-electron chi connectivity index (χ1n) is 12.4. The van der Waals surface area contributed by atoms with Crippen molar-refractivity contribution < 1.29 is 31.1 Å². The number of halogens is 3. The van der Waals surface area contributed by atoms with E-state index in [1.54, 1.807) is 0 Å². The van der Waals surface area contributed by atoms with E-state index in [0.717, 1.165) is 31.9 Å². The van der Waals surface area contributed by atoms with E-state index in [4.69, 9.17) is 9.47 Å². The number of nitrogens with one attached hydrogen (secondary N) is 3. The first-order valence-corrected chi connectivity index (χ1v) is 13.8. The van der Waals surface area contributed by atoms with E-state index in [1.165, 1.54) is 29.6 Å². The minimum Gasteiger partial charge on any atom is -0.495 e. The molecule has 2 aliphatic rings. The number of methoxy groups -OCH3 is 1. The Balaban J connectivity index is 1.46. The lowest BCUT2D eigenvalue weighted by molar-refractivity contribution is -0.136. The van der Waals surface area contributed by atoms with Gasteiger partial charge < -0.3 is 25.1 Å². The van der Waals surface area contributed by atoms with Crippen LogP contribution in [0.2, 0.25) is 0 Å². The van der Waals surface area contributed by atoms with Crippen molar-refractivity contribution in [3.63, 3.8) is 0 Å². The minimum absolute atomic E-state index is 0.0224. The number of alkyl halides is 3. The Hall–Kier alpha value is -3.10. The number of benzene rings is 1. The maximum atomic E-state index is 13.7. The van der Waals surface area contributed by atoms with Crippen LogP contribution in [0.5, 0.6) is 5.75 Å². The molecule has 3 heterocycles. The molecule has 1 aliphatic carbocycles. The number of hydrogen-bond donors (Lipinski definition) is 3. The Kier molecular flexibility index (Phi) is 7.38. The molecule has 38 heavy (non-hydrogen) atoms. The first-order chi connectivity index (χ1) is 18.2. The van der Waals surface area contributed by atoms with Crippen molar-refractivity contribution in [3.05, 3.63) is 30.0 Å². The maximum Gasteiger partial charge on any atom is 0.418 e. The summed E-state index contributed by atoms with van der Waals surface area (Å²) in [4.78, 5) is 11.3. The third kappa shape index (κ3) is 5.38. The quantitative estimate of drug-likeness (QED) is 0.376. The Labute approximate surface area is 218 Å². The van der Waals surface area contributed by atoms with Gasteiger partial charge in [-0.25, -0.2) is 8.42 Å². The highest BCUT2D eigenvalue weighted by Crippen LogP contribution is 2.39. The molecule has 206 valence electrons. The number of anilines is 3. The summed E-state index contributed by atoms with van der Waals surface area (Å²) in [7, 11) is -2.36. The second-order valence-corrected chi connectivity index (χ2v) is 11.3. The van der Waals surface area contributed by atoms with Crippen molar-refractivity contribution in [2.45, 2.75) is 36.8 Å². The molecular weight excluding hydrogens is 525 g/mol. The van der Waals surface area contributed by atoms with E-state index < -0.39 is 21.8 Å². The summed E-state index contributed by atoms with van der Waals surface area (Å²) >= 11 is 0. The van der Waals surface area contributed by atoms with Gasteiger partial charge in [-0.2, -0.15) is 27.4 Å². The summed E-state index contributed by atoms with van der Waals surface area (Å²) in [6.07, 6.45) is 0.548. The van der Waals surface area contributed by atoms with Gasteiger partial charge in [0.15, 0.2) is 0 Å². The van der Waals surface area contributed by atoms with Gasteiger partial charge >= 0.3 is 6.18 Å². The molecule has 0 unspecified atom stereocenters. The molecule has 10 nitrogen and oxygen atoms in total. The van der Waals surface area contributed by atoms with E-state index in [-0.39, 0.29) is 46.5 Å². The number of rotatable bonds is 8. The monoisotopic (exact) mass is 554 g/mol. The Morgan fingerprint density at radius 1 is 1.18 bits per heavy atom. The number of fused-ring (bicyclic) bond motifs is 1. The predicted molar refractivity (Wildman–Crippen MR) is 135 cm³/mol. The number of hydrogen-bond acceptors (Lipinski definition) is 8. The van der Waals surface area contributed by atoms with Crippen LogP contribution in [0, 0.1) is 5.92 Å². The van der Waals surface area contributed by atoms with Gasteiger partial charge in [-0.05, 0) is 30.9 Å². The topological polar surface area (TPSA) is 121 Å². The van der Waals surface area contributed by atoms with Crippen molar-refractivity contribution in [1.29, 1.82) is 0 Å². The van der Waals surface area contributed by atoms with Crippen LogP contribution in [0.15, 0.2) is 29.3 Å². The third-order valence-corrected chi connectivity index (χ3v) is 8.79. The van der Waals surface area contributed by atoms with E-state index in [9.17, 15) is 21.6 Å². The van der Waals surface area contributed by atoms with Crippen LogP contribution >= 0.6 is 0 Å². The van der Waals surface area contributed by atoms with Crippen LogP contribution in [0.1, 0.15) is 31.2 Å². The normalized spacial score (nSPS) is 17.7. The van der Waals surface area contributed by atoms with Gasteiger partial charge in [-0.1, -0.05) is 12.8 Å². The van der Waals surface area contributed by atoms with Gasteiger partial charge in [0.2, 0.25) is 16.0 Å². The first kappa shape index (κ1) is 26.5. The van der Waals surface area contributed by atoms with E-state index in [0.29, 0.717) is 31.4 Å². The lowest BCUT2D eigenvalue weighted by Gasteiger charge is -2.26. The molecule has 2 aromatic heterocycles. The molecule has 3 aromatic rings. The SMILES string of the molecule is COc1cc(S(=O)(=O)N2CCOCC2)ccc1Nc1nc(NCC2CCCC2)c2c(C(F)(F)F)c[nH]c2n1. The molecule has 14 heteroatoms. The molecule has 1 aliphatic heterocycles. The van der Waals surface area contributed by atoms with Crippen molar-refractivity contribution in [2.24, 2.45) is 5.92 Å². The third-order valence-electron chi connectivity index (χ3n) is 6.90. The van der Waals surface area contributed by atoms with Gasteiger partial charge in [0, 0.05) is 31.9 Å². The summed E-state index contributed by atoms with van der Waals surface area (Å²) < 4.78 is 79.2. The molecule has 0 atom stereocenters. The van der Waals surface area contributed by atoms with Crippen LogP contribution in [-0.2, 0) is 20.9 Å². The summed E-state index contributed by atoms with van der Waals surface area (Å²) in [6.45, 7) is 1.66. The molecule has 5 rings (SSSR count). The fourth-order valence-electron chi connectivity index (χ4n) is 4.89. The summed E-state index contributed by atoms with van der Waals surface area (Å²) in [5.41, 5.74) is -0.463. The highest BCUT2D eigenvalue weighted by Gasteiger charge is 2.36. The lowest BCUT2D eigenvalue weighted by Crippen LogP contribution is -2.40. The zero-order valence-electron chi connectivity index (χ0n) is 20.8. The molecule has 0 amide bonds. The predicted octanol–water partition coefficient (Wildman–Crippen LogP) is 4.35. The lowest BCUT2D eigenvalue weighted by atomic mass is 10.1. The largest absolute Gasteiger partial charge is 0.495 e. The molecular formula is C24H29F3N6O4S. The summed E-state index contributed by atoms with van der Waals surface area (Å²) in [6, 6.07) is 4.34. The molecule has 1 aromatic carbocycles. The summed E-state index contributed by atoms with van der Waals surface area (Å²) in [5, 5.41) is 5.96. The van der Waals surface area contributed by atoms with Gasteiger partial charge in [0.05, 0.1) is 41.9 Å². The van der Waals surface area contributed by atoms with Crippen LogP contribution in [-0.4, -0.2) is 67.6 Å². The highest BCUT2D eigenvalue weighted by atomic mass is 32.2. The molecule has 0 spiro atoms. The van der Waals surface area contributed by atoms with Crippen LogP contribution in [0.25, 0.3) is 11.0 Å². The Morgan fingerprint density at radius 2 is 1.92 bits per heavy atom. The standard InChI is InChI=1S/C24H29F3N6O4S/c1-36-19-12-16(38(34,35)33-8-10-37-11-9-33)6-7-18(19)30-23-31-21(28-13-15-4-2-3-5-15)20-17(24(25,26)27)14-29-22(20)32-23/h6-7,12,14-15H,2-5,8-11,13H2,1H3,(H3,28,29,30,31,32). The molecule has 3 N–H and O–H groups in total. The number of nitrogens with zero attached hydrogens (tertiary/aromatic N) is 3. The maximum absolute atomic E-state index is 13.7. The van der Waals surface area contributed by atoms with Crippen LogP contribution in [0.3, 0.4) is 0 Å². The van der Waals surface area contributed by atoms with Crippen LogP contribution < -0.4 is 15.4 Å². The number of H-pyrrole nitrogens is 1. The van der Waals surface area contributed by atoms with Crippen molar-refractivity contribution in [1.82, 2.24) is 19.3 Å². The van der Waals surface area contributed by atoms with E-state index in [2.05, 4.69) is 25.6 Å². The number of morpholine rings is 1. The van der Waals surface area contributed by atoms with Gasteiger partial charge in [-0.3, -0.25) is 0 Å². The molecule has 1 saturated carbocycles. The average Bonchev–Trinajstić information content (AvgIpc) is 3.58. The second-order valence-electron chi connectivity index (χ2n) is 9.35. The van der Waals surface area contributed by atoms with Gasteiger partial charge in [-0.15, -0.1) is 0 Å². The number of aromatic amines is 1. The Morgan fingerprint density at radius 3 is 2.61 bits per heavy atom. The number of aromatic nitrogens is 3. The molecule has 0 bridgehead atoms. The second kappa shape index (κ2) is 10.6. The fraction of sp³-hybridized carbons (Fsp3) is 0.500. The van der Waals surface area contributed by atoms with Crippen molar-refractivity contribution in [3.8, 4) is 5.75 Å². The van der Waals surface area contributed by atoms with Crippen molar-refractivity contribution >= 4 is 38.5 Å². The summed E-state index contributed by atoms with van der Waals surface area (Å²) in [5.74, 6) is 0.684. The van der Waals surface area contributed by atoms with Gasteiger partial charge in [0.25, 0.3) is 0 Å². The number of ether oxygens (including phenoxy) is 2. The zero-order chi connectivity index (χ0) is 26.9. The Bertz CT molecular complexity index is 1400. The fourth-order valence-corrected chi connectivity index (χ4v) is 6.31.